The molecule has 0 saturated carbocycles. The summed E-state index contributed by atoms with van der Waals surface area (Å²) >= 11 is 0. The van der Waals surface area contributed by atoms with E-state index in [0.29, 0.717) is 5.56 Å². The second-order valence-corrected chi connectivity index (χ2v) is 9.67. The molecule has 0 aliphatic rings. The van der Waals surface area contributed by atoms with E-state index < -0.39 is 41.6 Å². The van der Waals surface area contributed by atoms with Gasteiger partial charge < -0.3 is 20.5 Å². The molecule has 0 unspecified atom stereocenters. The first-order valence-corrected chi connectivity index (χ1v) is 11.8. The van der Waals surface area contributed by atoms with Crippen molar-refractivity contribution >= 4 is 18.0 Å². The van der Waals surface area contributed by atoms with Gasteiger partial charge in [-0.3, -0.25) is 9.59 Å². The lowest BCUT2D eigenvalue weighted by Gasteiger charge is -2.35. The molecule has 0 bridgehead atoms. The van der Waals surface area contributed by atoms with Crippen molar-refractivity contribution in [2.24, 2.45) is 0 Å². The quantitative estimate of drug-likeness (QED) is 0.398. The smallest absolute Gasteiger partial charge is 0.408 e. The number of carboxylic acids is 1. The number of aliphatic carboxylic acids is 1. The van der Waals surface area contributed by atoms with E-state index in [4.69, 9.17) is 4.74 Å². The van der Waals surface area contributed by atoms with Crippen LogP contribution >= 0.6 is 0 Å². The van der Waals surface area contributed by atoms with Gasteiger partial charge in [0.25, 0.3) is 0 Å². The molecule has 3 aromatic carbocycles. The van der Waals surface area contributed by atoms with Gasteiger partial charge in [-0.15, -0.1) is 0 Å². The number of nitrogens with one attached hydrogen (secondary N) is 2. The van der Waals surface area contributed by atoms with Gasteiger partial charge >= 0.3 is 12.1 Å². The zero-order valence-electron chi connectivity index (χ0n) is 20.7. The van der Waals surface area contributed by atoms with Gasteiger partial charge in [0.1, 0.15) is 11.1 Å². The number of benzene rings is 3. The van der Waals surface area contributed by atoms with E-state index in [-0.39, 0.29) is 6.42 Å². The van der Waals surface area contributed by atoms with Crippen molar-refractivity contribution in [3.63, 3.8) is 0 Å². The topological polar surface area (TPSA) is 105 Å². The highest BCUT2D eigenvalue weighted by molar-refractivity contribution is 5.94. The highest BCUT2D eigenvalue weighted by Crippen LogP contribution is 2.26. The average Bonchev–Trinajstić information content (AvgIpc) is 2.82. The second-order valence-electron chi connectivity index (χ2n) is 9.67. The van der Waals surface area contributed by atoms with Gasteiger partial charge in [0, 0.05) is 6.42 Å². The Balaban J connectivity index is 2.05. The van der Waals surface area contributed by atoms with E-state index in [1.165, 1.54) is 0 Å². The summed E-state index contributed by atoms with van der Waals surface area (Å²) in [7, 11) is 0. The Bertz CT molecular complexity index is 1120. The van der Waals surface area contributed by atoms with E-state index in [2.05, 4.69) is 10.6 Å². The number of amides is 2. The lowest BCUT2D eigenvalue weighted by Crippen LogP contribution is -2.62. The van der Waals surface area contributed by atoms with Crippen molar-refractivity contribution in [3.05, 3.63) is 108 Å². The van der Waals surface area contributed by atoms with E-state index in [9.17, 15) is 19.5 Å². The predicted molar refractivity (Wildman–Crippen MR) is 137 cm³/mol. The van der Waals surface area contributed by atoms with Gasteiger partial charge in [-0.1, -0.05) is 91.0 Å². The molecule has 0 aliphatic heterocycles. The first kappa shape index (κ1) is 26.5. The van der Waals surface area contributed by atoms with E-state index in [1.54, 1.807) is 45.0 Å². The second kappa shape index (κ2) is 11.5. The van der Waals surface area contributed by atoms with Crippen LogP contribution in [0.25, 0.3) is 0 Å². The summed E-state index contributed by atoms with van der Waals surface area (Å²) in [6.07, 6.45) is -1.55. The van der Waals surface area contributed by atoms with Crippen molar-refractivity contribution in [2.45, 2.75) is 50.8 Å². The Kier molecular flexibility index (Phi) is 8.48. The standard InChI is InChI=1S/C29H32N2O5/c1-28(2,3)36-27(35)31-29(20-24(32)33,19-21-13-7-4-8-14-21)26(34)30-25(22-15-9-5-10-16-22)23-17-11-6-12-18-23/h4-18,25H,19-20H2,1-3H3,(H,30,34)(H,31,35)(H,32,33)/t29-/m0/s1. The molecule has 3 rings (SSSR count). The zero-order chi connectivity index (χ0) is 26.2. The van der Waals surface area contributed by atoms with Crippen molar-refractivity contribution < 1.29 is 24.2 Å². The summed E-state index contributed by atoms with van der Waals surface area (Å²) in [5.74, 6) is -1.86. The molecule has 0 aromatic heterocycles. The average molecular weight is 489 g/mol. The molecular weight excluding hydrogens is 456 g/mol. The minimum absolute atomic E-state index is 0.0402. The molecule has 0 heterocycles. The van der Waals surface area contributed by atoms with Crippen LogP contribution in [0.3, 0.4) is 0 Å². The van der Waals surface area contributed by atoms with Crippen LogP contribution in [0.15, 0.2) is 91.0 Å². The molecule has 0 spiro atoms. The van der Waals surface area contributed by atoms with Crippen LogP contribution in [0, 0.1) is 0 Å². The Morgan fingerprint density at radius 2 is 1.28 bits per heavy atom. The monoisotopic (exact) mass is 488 g/mol. The van der Waals surface area contributed by atoms with Crippen LogP contribution in [0.4, 0.5) is 4.79 Å². The number of carbonyl (C=O) groups excluding carboxylic acids is 2. The molecule has 188 valence electrons. The minimum atomic E-state index is -1.81. The fourth-order valence-electron chi connectivity index (χ4n) is 3.99. The predicted octanol–water partition coefficient (Wildman–Crippen LogP) is 4.87. The van der Waals surface area contributed by atoms with Gasteiger partial charge in [0.05, 0.1) is 12.5 Å². The summed E-state index contributed by atoms with van der Waals surface area (Å²) in [5, 5.41) is 15.5. The van der Waals surface area contributed by atoms with Gasteiger partial charge in [-0.2, -0.15) is 0 Å². The van der Waals surface area contributed by atoms with E-state index in [1.807, 2.05) is 66.7 Å². The molecule has 7 nitrogen and oxygen atoms in total. The summed E-state index contributed by atoms with van der Waals surface area (Å²) < 4.78 is 5.41. The summed E-state index contributed by atoms with van der Waals surface area (Å²) in [6.45, 7) is 5.09. The molecule has 0 saturated heterocycles. The van der Waals surface area contributed by atoms with Gasteiger partial charge in [0.2, 0.25) is 5.91 Å². The highest BCUT2D eigenvalue weighted by atomic mass is 16.6. The molecule has 2 amide bonds. The van der Waals surface area contributed by atoms with E-state index >= 15 is 0 Å². The van der Waals surface area contributed by atoms with E-state index in [0.717, 1.165) is 11.1 Å². The lowest BCUT2D eigenvalue weighted by molar-refractivity contribution is -0.143. The van der Waals surface area contributed by atoms with Gasteiger partial charge in [0.15, 0.2) is 0 Å². The third-order valence-corrected chi connectivity index (χ3v) is 5.52. The Morgan fingerprint density at radius 1 is 0.806 bits per heavy atom. The number of ether oxygens (including phenoxy) is 1. The normalized spacial score (nSPS) is 12.9. The maximum Gasteiger partial charge on any atom is 0.408 e. The van der Waals surface area contributed by atoms with Crippen LogP contribution in [0.5, 0.6) is 0 Å². The van der Waals surface area contributed by atoms with Gasteiger partial charge in [-0.05, 0) is 37.5 Å². The van der Waals surface area contributed by atoms with Crippen LogP contribution in [0.2, 0.25) is 0 Å². The lowest BCUT2D eigenvalue weighted by atomic mass is 9.85. The Hall–Kier alpha value is -4.13. The molecule has 36 heavy (non-hydrogen) atoms. The molecule has 3 aromatic rings. The third-order valence-electron chi connectivity index (χ3n) is 5.52. The number of carboxylic acid groups (broad SMARTS) is 1. The molecule has 1 atom stereocenters. The SMILES string of the molecule is CC(C)(C)OC(=O)N[C@](CC(=O)O)(Cc1ccccc1)C(=O)NC(c1ccccc1)c1ccccc1. The fourth-order valence-corrected chi connectivity index (χ4v) is 3.99. The Labute approximate surface area is 211 Å². The Morgan fingerprint density at radius 3 is 1.72 bits per heavy atom. The first-order valence-electron chi connectivity index (χ1n) is 11.8. The van der Waals surface area contributed by atoms with Crippen LogP contribution in [-0.2, 0) is 20.7 Å². The maximum atomic E-state index is 14.0. The molecule has 3 N–H and O–H groups in total. The molecule has 0 radical (unpaired) electrons. The van der Waals surface area contributed by atoms with Crippen LogP contribution < -0.4 is 10.6 Å². The third kappa shape index (κ3) is 7.43. The van der Waals surface area contributed by atoms with Crippen LogP contribution in [-0.4, -0.2) is 34.2 Å². The molecule has 0 aliphatic carbocycles. The van der Waals surface area contributed by atoms with Crippen molar-refractivity contribution in [3.8, 4) is 0 Å². The van der Waals surface area contributed by atoms with Crippen molar-refractivity contribution in [1.29, 1.82) is 0 Å². The maximum absolute atomic E-state index is 14.0. The molecular formula is C29H32N2O5. The first-order chi connectivity index (χ1) is 17.1. The minimum Gasteiger partial charge on any atom is -0.481 e. The highest BCUT2D eigenvalue weighted by Gasteiger charge is 2.44. The molecule has 7 heteroatoms. The number of alkyl carbamates (subject to hydrolysis) is 1. The van der Waals surface area contributed by atoms with Crippen molar-refractivity contribution in [1.82, 2.24) is 10.6 Å². The summed E-state index contributed by atoms with van der Waals surface area (Å²) in [5.41, 5.74) is -0.312. The van der Waals surface area contributed by atoms with Gasteiger partial charge in [-0.25, -0.2) is 4.79 Å². The fraction of sp³-hybridized carbons (Fsp3) is 0.276. The zero-order valence-corrected chi connectivity index (χ0v) is 20.7. The largest absolute Gasteiger partial charge is 0.481 e. The van der Waals surface area contributed by atoms with Crippen LogP contribution in [0.1, 0.15) is 49.9 Å². The number of hydrogen-bond acceptors (Lipinski definition) is 4. The summed E-state index contributed by atoms with van der Waals surface area (Å²) in [4.78, 5) is 38.9. The molecule has 0 fully saturated rings. The summed E-state index contributed by atoms with van der Waals surface area (Å²) in [6, 6.07) is 27.2. The number of carbonyl (C=O) groups is 3. The number of rotatable bonds is 9. The number of hydrogen-bond donors (Lipinski definition) is 3. The van der Waals surface area contributed by atoms with Crippen molar-refractivity contribution in [2.75, 3.05) is 0 Å².